The van der Waals surface area contributed by atoms with Crippen LogP contribution in [0, 0.1) is 6.92 Å². The Bertz CT molecular complexity index is 603. The van der Waals surface area contributed by atoms with E-state index in [0.717, 1.165) is 12.8 Å². The summed E-state index contributed by atoms with van der Waals surface area (Å²) in [5, 5.41) is 3.83. The van der Waals surface area contributed by atoms with E-state index in [1.54, 1.807) is 18.2 Å². The average molecular weight is 322 g/mol. The molecule has 0 bridgehead atoms. The fraction of sp³-hybridized carbons (Fsp3) is 0.235. The molecule has 0 spiro atoms. The Morgan fingerprint density at radius 1 is 1.05 bits per heavy atom. The highest BCUT2D eigenvalue weighted by Gasteiger charge is 2.04. The van der Waals surface area contributed by atoms with Crippen LogP contribution in [0.4, 0.5) is 5.69 Å². The van der Waals surface area contributed by atoms with Crippen molar-refractivity contribution in [1.82, 2.24) is 0 Å². The van der Waals surface area contributed by atoms with Gasteiger partial charge in [0.2, 0.25) is 5.91 Å². The van der Waals surface area contributed by atoms with Gasteiger partial charge in [-0.15, -0.1) is 0 Å². The van der Waals surface area contributed by atoms with Gasteiger partial charge < -0.3 is 5.32 Å². The fourth-order valence-electron chi connectivity index (χ4n) is 2.06. The zero-order valence-electron chi connectivity index (χ0n) is 11.8. The third-order valence-corrected chi connectivity index (χ3v) is 3.57. The molecule has 0 fully saturated rings. The first kappa shape index (κ1) is 15.9. The summed E-state index contributed by atoms with van der Waals surface area (Å²) in [5.74, 6) is -0.0274. The van der Waals surface area contributed by atoms with Gasteiger partial charge in [0, 0.05) is 22.2 Å². The van der Waals surface area contributed by atoms with Crippen LogP contribution in [0.1, 0.15) is 24.0 Å². The number of benzene rings is 2. The number of carbonyl (C=O) groups excluding carboxylic acids is 1. The molecule has 2 nitrogen and oxygen atoms in total. The molecule has 2 aromatic carbocycles. The summed E-state index contributed by atoms with van der Waals surface area (Å²) in [6.45, 7) is 2.06. The summed E-state index contributed by atoms with van der Waals surface area (Å²) in [6.07, 6.45) is 2.17. The van der Waals surface area contributed by atoms with Gasteiger partial charge in [-0.05, 0) is 43.5 Å². The van der Waals surface area contributed by atoms with Crippen molar-refractivity contribution in [2.24, 2.45) is 0 Å². The molecule has 0 aliphatic carbocycles. The van der Waals surface area contributed by atoms with E-state index in [2.05, 4.69) is 36.5 Å². The molecule has 0 saturated heterocycles. The van der Waals surface area contributed by atoms with Crippen molar-refractivity contribution in [3.8, 4) is 0 Å². The third-order valence-electron chi connectivity index (χ3n) is 3.14. The van der Waals surface area contributed by atoms with Crippen molar-refractivity contribution in [2.75, 3.05) is 5.32 Å². The summed E-state index contributed by atoms with van der Waals surface area (Å²) < 4.78 is 0. The predicted octanol–water partition coefficient (Wildman–Crippen LogP) is 5.26. The maximum atomic E-state index is 11.9. The highest BCUT2D eigenvalue weighted by Crippen LogP contribution is 2.22. The lowest BCUT2D eigenvalue weighted by Crippen LogP contribution is -2.11. The zero-order chi connectivity index (χ0) is 15.2. The normalized spacial score (nSPS) is 10.4. The maximum absolute atomic E-state index is 11.9. The lowest BCUT2D eigenvalue weighted by Gasteiger charge is -2.06. The van der Waals surface area contributed by atoms with Crippen LogP contribution in [-0.2, 0) is 11.2 Å². The van der Waals surface area contributed by atoms with Crippen LogP contribution < -0.4 is 5.32 Å². The monoisotopic (exact) mass is 321 g/mol. The van der Waals surface area contributed by atoms with Crippen molar-refractivity contribution in [3.63, 3.8) is 0 Å². The SMILES string of the molecule is Cc1ccc(CCCC(=O)Nc2cc(Cl)cc(Cl)c2)cc1. The highest BCUT2D eigenvalue weighted by molar-refractivity contribution is 6.35. The molecule has 0 heterocycles. The van der Waals surface area contributed by atoms with Crippen LogP contribution in [-0.4, -0.2) is 5.91 Å². The molecule has 0 radical (unpaired) electrons. The van der Waals surface area contributed by atoms with Crippen molar-refractivity contribution in [3.05, 3.63) is 63.6 Å². The van der Waals surface area contributed by atoms with Crippen LogP contribution >= 0.6 is 23.2 Å². The minimum atomic E-state index is -0.0274. The number of aryl methyl sites for hydroxylation is 2. The maximum Gasteiger partial charge on any atom is 0.224 e. The molecule has 2 aromatic rings. The zero-order valence-corrected chi connectivity index (χ0v) is 13.3. The van der Waals surface area contributed by atoms with Crippen LogP contribution in [0.15, 0.2) is 42.5 Å². The number of rotatable bonds is 5. The number of carbonyl (C=O) groups is 1. The van der Waals surface area contributed by atoms with E-state index in [1.165, 1.54) is 11.1 Å². The predicted molar refractivity (Wildman–Crippen MR) is 89.2 cm³/mol. The van der Waals surface area contributed by atoms with E-state index in [0.29, 0.717) is 22.2 Å². The van der Waals surface area contributed by atoms with Crippen molar-refractivity contribution < 1.29 is 4.79 Å². The Hall–Kier alpha value is -1.51. The number of anilines is 1. The first-order chi connectivity index (χ1) is 10.0. The van der Waals surface area contributed by atoms with Gasteiger partial charge in [-0.2, -0.15) is 0 Å². The molecule has 0 aliphatic rings. The quantitative estimate of drug-likeness (QED) is 0.799. The molecule has 1 N–H and O–H groups in total. The van der Waals surface area contributed by atoms with Crippen LogP contribution in [0.2, 0.25) is 10.0 Å². The minimum absolute atomic E-state index is 0.0274. The van der Waals surface area contributed by atoms with Crippen LogP contribution in [0.3, 0.4) is 0 Å². The lowest BCUT2D eigenvalue weighted by molar-refractivity contribution is -0.116. The molecular weight excluding hydrogens is 305 g/mol. The van der Waals surface area contributed by atoms with Crippen LogP contribution in [0.25, 0.3) is 0 Å². The van der Waals surface area contributed by atoms with Crippen molar-refractivity contribution >= 4 is 34.8 Å². The molecule has 0 atom stereocenters. The van der Waals surface area contributed by atoms with Crippen LogP contribution in [0.5, 0.6) is 0 Å². The molecular formula is C17H17Cl2NO. The first-order valence-electron chi connectivity index (χ1n) is 6.84. The highest BCUT2D eigenvalue weighted by atomic mass is 35.5. The second-order valence-corrected chi connectivity index (χ2v) is 5.92. The summed E-state index contributed by atoms with van der Waals surface area (Å²) >= 11 is 11.8. The second kappa shape index (κ2) is 7.48. The van der Waals surface area contributed by atoms with Gasteiger partial charge >= 0.3 is 0 Å². The van der Waals surface area contributed by atoms with Gasteiger partial charge in [0.1, 0.15) is 0 Å². The summed E-state index contributed by atoms with van der Waals surface area (Å²) in [7, 11) is 0. The van der Waals surface area contributed by atoms with Gasteiger partial charge in [0.25, 0.3) is 0 Å². The first-order valence-corrected chi connectivity index (χ1v) is 7.60. The topological polar surface area (TPSA) is 29.1 Å². The fourth-order valence-corrected chi connectivity index (χ4v) is 2.58. The van der Waals surface area contributed by atoms with E-state index in [-0.39, 0.29) is 5.91 Å². The van der Waals surface area contributed by atoms with Crippen molar-refractivity contribution in [2.45, 2.75) is 26.2 Å². The molecule has 0 aromatic heterocycles. The van der Waals surface area contributed by atoms with E-state index in [4.69, 9.17) is 23.2 Å². The molecule has 1 amide bonds. The van der Waals surface area contributed by atoms with Crippen molar-refractivity contribution in [1.29, 1.82) is 0 Å². The molecule has 2 rings (SSSR count). The van der Waals surface area contributed by atoms with Gasteiger partial charge in [-0.3, -0.25) is 4.79 Å². The van der Waals surface area contributed by atoms with Gasteiger partial charge in [-0.25, -0.2) is 0 Å². The summed E-state index contributed by atoms with van der Waals surface area (Å²) in [4.78, 5) is 11.9. The average Bonchev–Trinajstić information content (AvgIpc) is 2.39. The van der Waals surface area contributed by atoms with Gasteiger partial charge in [0.15, 0.2) is 0 Å². The Balaban J connectivity index is 1.80. The smallest absolute Gasteiger partial charge is 0.224 e. The minimum Gasteiger partial charge on any atom is -0.326 e. The van der Waals surface area contributed by atoms with Gasteiger partial charge in [-0.1, -0.05) is 53.0 Å². The van der Waals surface area contributed by atoms with E-state index in [1.807, 2.05) is 0 Å². The van der Waals surface area contributed by atoms with E-state index < -0.39 is 0 Å². The Morgan fingerprint density at radius 2 is 1.67 bits per heavy atom. The second-order valence-electron chi connectivity index (χ2n) is 5.05. The van der Waals surface area contributed by atoms with E-state index >= 15 is 0 Å². The number of hydrogen-bond acceptors (Lipinski definition) is 1. The number of hydrogen-bond donors (Lipinski definition) is 1. The Morgan fingerprint density at radius 3 is 2.29 bits per heavy atom. The molecule has 21 heavy (non-hydrogen) atoms. The Kier molecular flexibility index (Phi) is 5.66. The third kappa shape index (κ3) is 5.41. The largest absolute Gasteiger partial charge is 0.326 e. The molecule has 0 saturated carbocycles. The molecule has 4 heteroatoms. The molecule has 110 valence electrons. The summed E-state index contributed by atoms with van der Waals surface area (Å²) in [5.41, 5.74) is 3.13. The van der Waals surface area contributed by atoms with Gasteiger partial charge in [0.05, 0.1) is 0 Å². The number of nitrogens with one attached hydrogen (secondary N) is 1. The molecule has 0 unspecified atom stereocenters. The Labute approximate surface area is 135 Å². The lowest BCUT2D eigenvalue weighted by atomic mass is 10.1. The standard InChI is InChI=1S/C17H17Cl2NO/c1-12-5-7-13(8-6-12)3-2-4-17(21)20-16-10-14(18)9-15(19)11-16/h5-11H,2-4H2,1H3,(H,20,21). The van der Waals surface area contributed by atoms with E-state index in [9.17, 15) is 4.79 Å². The summed E-state index contributed by atoms with van der Waals surface area (Å²) in [6, 6.07) is 13.4. The number of halogens is 2. The number of amides is 1. The molecule has 0 aliphatic heterocycles.